The minimum absolute atomic E-state index is 0.114. The zero-order valence-corrected chi connectivity index (χ0v) is 7.87. The third kappa shape index (κ3) is 1.24. The molecule has 0 aliphatic rings. The van der Waals surface area contributed by atoms with E-state index in [2.05, 4.69) is 15.0 Å². The Morgan fingerprint density at radius 3 is 2.67 bits per heavy atom. The van der Waals surface area contributed by atoms with E-state index < -0.39 is 0 Å². The highest BCUT2D eigenvalue weighted by Gasteiger charge is 2.06. The summed E-state index contributed by atoms with van der Waals surface area (Å²) in [6, 6.07) is 1.64. The Kier molecular flexibility index (Phi) is 1.87. The molecule has 0 unspecified atom stereocenters. The topological polar surface area (TPSA) is 41.6 Å². The molecule has 2 heterocycles. The van der Waals surface area contributed by atoms with E-state index >= 15 is 0 Å². The van der Waals surface area contributed by atoms with E-state index in [0.717, 1.165) is 0 Å². The average molecular weight is 222 g/mol. The first-order chi connectivity index (χ1) is 5.66. The van der Waals surface area contributed by atoms with Crippen molar-refractivity contribution in [3.05, 3.63) is 21.7 Å². The quantitative estimate of drug-likeness (QED) is 0.550. The second-order valence-corrected chi connectivity index (χ2v) is 3.26. The number of hydrogen-bond acceptors (Lipinski definition) is 2. The maximum atomic E-state index is 5.75. The molecule has 62 valence electrons. The number of hydrogen-bond donors (Lipinski definition) is 1. The molecule has 0 fully saturated rings. The van der Waals surface area contributed by atoms with E-state index in [0.29, 0.717) is 16.2 Å². The lowest BCUT2D eigenvalue weighted by Crippen LogP contribution is -1.83. The van der Waals surface area contributed by atoms with Crippen molar-refractivity contribution < 1.29 is 0 Å². The summed E-state index contributed by atoms with van der Waals surface area (Å²) in [7, 11) is 0. The molecule has 0 amide bonds. The minimum Gasteiger partial charge on any atom is -0.342 e. The van der Waals surface area contributed by atoms with E-state index in [9.17, 15) is 0 Å². The summed E-state index contributed by atoms with van der Waals surface area (Å²) in [5.74, 6) is 0. The zero-order valence-electron chi connectivity index (χ0n) is 5.61. The predicted octanol–water partition coefficient (Wildman–Crippen LogP) is 2.92. The van der Waals surface area contributed by atoms with Crippen LogP contribution in [0.2, 0.25) is 15.6 Å². The Morgan fingerprint density at radius 1 is 1.17 bits per heavy atom. The molecule has 3 nitrogen and oxygen atoms in total. The van der Waals surface area contributed by atoms with E-state index in [4.69, 9.17) is 34.8 Å². The van der Waals surface area contributed by atoms with Gasteiger partial charge in [0.15, 0.2) is 5.15 Å². The smallest absolute Gasteiger partial charge is 0.224 e. The second kappa shape index (κ2) is 2.76. The number of aromatic amines is 1. The Labute approximate surface area is 82.7 Å². The van der Waals surface area contributed by atoms with Crippen LogP contribution >= 0.6 is 34.8 Å². The molecule has 0 bridgehead atoms. The molecule has 2 aromatic rings. The first-order valence-electron chi connectivity index (χ1n) is 3.04. The van der Waals surface area contributed by atoms with Crippen LogP contribution in [0.15, 0.2) is 6.07 Å². The first-order valence-corrected chi connectivity index (χ1v) is 4.17. The van der Waals surface area contributed by atoms with Crippen LogP contribution in [0.5, 0.6) is 0 Å². The van der Waals surface area contributed by atoms with Crippen molar-refractivity contribution in [1.82, 2.24) is 15.0 Å². The van der Waals surface area contributed by atoms with E-state index in [1.165, 1.54) is 0 Å². The lowest BCUT2D eigenvalue weighted by atomic mass is 10.5. The van der Waals surface area contributed by atoms with Gasteiger partial charge in [-0.1, -0.05) is 23.2 Å². The number of fused-ring (bicyclic) bond motifs is 1. The van der Waals surface area contributed by atoms with Gasteiger partial charge in [0, 0.05) is 6.07 Å². The third-order valence-electron chi connectivity index (χ3n) is 1.37. The predicted molar refractivity (Wildman–Crippen MR) is 48.9 cm³/mol. The molecule has 0 atom stereocenters. The standard InChI is InChI=1S/C6H2Cl3N3/c7-3-1-2-4(11-3)5(8)12-6(9)10-2/h1,11H. The number of nitrogens with one attached hydrogen (secondary N) is 1. The van der Waals surface area contributed by atoms with Crippen molar-refractivity contribution in [3.63, 3.8) is 0 Å². The molecule has 0 radical (unpaired) electrons. The highest BCUT2D eigenvalue weighted by Crippen LogP contribution is 2.23. The molecule has 0 aliphatic heterocycles. The van der Waals surface area contributed by atoms with Crippen LogP contribution in [0.25, 0.3) is 11.0 Å². The van der Waals surface area contributed by atoms with Crippen molar-refractivity contribution in [2.75, 3.05) is 0 Å². The van der Waals surface area contributed by atoms with Crippen molar-refractivity contribution in [1.29, 1.82) is 0 Å². The van der Waals surface area contributed by atoms with Crippen LogP contribution in [0.1, 0.15) is 0 Å². The molecule has 6 heteroatoms. The SMILES string of the molecule is Clc1nc(Cl)c2[nH]c(Cl)cc2n1. The molecule has 2 rings (SSSR count). The first kappa shape index (κ1) is 8.10. The molecule has 2 aromatic heterocycles. The molecule has 0 saturated carbocycles. The molecule has 0 aromatic carbocycles. The van der Waals surface area contributed by atoms with E-state index in [-0.39, 0.29) is 10.4 Å². The number of H-pyrrole nitrogens is 1. The van der Waals surface area contributed by atoms with Crippen LogP contribution in [0.3, 0.4) is 0 Å². The van der Waals surface area contributed by atoms with Crippen molar-refractivity contribution >= 4 is 45.8 Å². The van der Waals surface area contributed by atoms with Crippen molar-refractivity contribution in [2.45, 2.75) is 0 Å². The van der Waals surface area contributed by atoms with Gasteiger partial charge >= 0.3 is 0 Å². The van der Waals surface area contributed by atoms with E-state index in [1.807, 2.05) is 0 Å². The molecule has 0 spiro atoms. The monoisotopic (exact) mass is 221 g/mol. The molecule has 1 N–H and O–H groups in total. The second-order valence-electron chi connectivity index (χ2n) is 2.16. The van der Waals surface area contributed by atoms with Crippen LogP contribution in [0.4, 0.5) is 0 Å². The Morgan fingerprint density at radius 2 is 1.92 bits per heavy atom. The number of aromatic nitrogens is 3. The van der Waals surface area contributed by atoms with Crippen molar-refractivity contribution in [2.24, 2.45) is 0 Å². The highest BCUT2D eigenvalue weighted by molar-refractivity contribution is 6.36. The van der Waals surface area contributed by atoms with Gasteiger partial charge in [-0.2, -0.15) is 0 Å². The zero-order chi connectivity index (χ0) is 8.72. The molecular weight excluding hydrogens is 220 g/mol. The van der Waals surface area contributed by atoms with Crippen LogP contribution in [0, 0.1) is 0 Å². The van der Waals surface area contributed by atoms with Gasteiger partial charge in [-0.25, -0.2) is 9.97 Å². The highest BCUT2D eigenvalue weighted by atomic mass is 35.5. The lowest BCUT2D eigenvalue weighted by molar-refractivity contribution is 1.22. The Balaban J connectivity index is 2.88. The lowest BCUT2D eigenvalue weighted by Gasteiger charge is -1.92. The van der Waals surface area contributed by atoms with Gasteiger partial charge in [0.1, 0.15) is 10.7 Å². The summed E-state index contributed by atoms with van der Waals surface area (Å²) in [5.41, 5.74) is 1.22. The van der Waals surface area contributed by atoms with Crippen LogP contribution in [-0.2, 0) is 0 Å². The Bertz CT molecular complexity index is 437. The van der Waals surface area contributed by atoms with Crippen LogP contribution in [-0.4, -0.2) is 15.0 Å². The van der Waals surface area contributed by atoms with Gasteiger partial charge in [-0.3, -0.25) is 0 Å². The largest absolute Gasteiger partial charge is 0.342 e. The van der Waals surface area contributed by atoms with Gasteiger partial charge in [0.2, 0.25) is 5.28 Å². The summed E-state index contributed by atoms with van der Waals surface area (Å²) < 4.78 is 0. The average Bonchev–Trinajstić information content (AvgIpc) is 2.29. The van der Waals surface area contributed by atoms with Gasteiger partial charge < -0.3 is 4.98 Å². The summed E-state index contributed by atoms with van der Waals surface area (Å²) in [4.78, 5) is 10.5. The van der Waals surface area contributed by atoms with E-state index in [1.54, 1.807) is 6.07 Å². The van der Waals surface area contributed by atoms with Gasteiger partial charge in [-0.05, 0) is 11.6 Å². The summed E-state index contributed by atoms with van der Waals surface area (Å²) in [5, 5.41) is 0.850. The fourth-order valence-corrected chi connectivity index (χ4v) is 1.56. The maximum Gasteiger partial charge on any atom is 0.224 e. The Hall–Kier alpha value is -0.510. The number of nitrogens with zero attached hydrogens (tertiary/aromatic N) is 2. The minimum atomic E-state index is 0.114. The number of halogens is 3. The summed E-state index contributed by atoms with van der Waals surface area (Å²) >= 11 is 17.0. The van der Waals surface area contributed by atoms with Crippen LogP contribution < -0.4 is 0 Å². The third-order valence-corrected chi connectivity index (χ3v) is 2.02. The molecule has 0 saturated heterocycles. The maximum absolute atomic E-state index is 5.75. The molecule has 0 aliphatic carbocycles. The summed E-state index contributed by atoms with van der Waals surface area (Å²) in [6.45, 7) is 0. The molecule has 12 heavy (non-hydrogen) atoms. The fraction of sp³-hybridized carbons (Fsp3) is 0. The normalized spacial score (nSPS) is 10.9. The molecular formula is C6H2Cl3N3. The van der Waals surface area contributed by atoms with Crippen molar-refractivity contribution in [3.8, 4) is 0 Å². The van der Waals surface area contributed by atoms with Gasteiger partial charge in [0.25, 0.3) is 0 Å². The fourth-order valence-electron chi connectivity index (χ4n) is 0.918. The van der Waals surface area contributed by atoms with Gasteiger partial charge in [0.05, 0.1) is 5.52 Å². The number of rotatable bonds is 0. The summed E-state index contributed by atoms with van der Waals surface area (Å²) in [6.07, 6.45) is 0. The van der Waals surface area contributed by atoms with Gasteiger partial charge in [-0.15, -0.1) is 0 Å².